The molecule has 3 rings (SSSR count). The van der Waals surface area contributed by atoms with Crippen molar-refractivity contribution in [1.82, 2.24) is 9.97 Å². The van der Waals surface area contributed by atoms with Crippen LogP contribution in [0.5, 0.6) is 11.5 Å². The van der Waals surface area contributed by atoms with Crippen molar-refractivity contribution in [2.45, 2.75) is 0 Å². The molecule has 2 aromatic carbocycles. The van der Waals surface area contributed by atoms with Crippen LogP contribution in [0.25, 0.3) is 11.1 Å². The Morgan fingerprint density at radius 1 is 1.00 bits per heavy atom. The lowest BCUT2D eigenvalue weighted by Crippen LogP contribution is -2.01. The third-order valence-electron chi connectivity index (χ3n) is 3.48. The van der Waals surface area contributed by atoms with Crippen LogP contribution < -0.4 is 15.8 Å². The van der Waals surface area contributed by atoms with Crippen LogP contribution >= 0.6 is 0 Å². The van der Waals surface area contributed by atoms with E-state index in [-0.39, 0.29) is 0 Å². The summed E-state index contributed by atoms with van der Waals surface area (Å²) in [7, 11) is 1.79. The van der Waals surface area contributed by atoms with Crippen molar-refractivity contribution < 1.29 is 4.74 Å². The van der Waals surface area contributed by atoms with Crippen LogP contribution in [0.4, 0.5) is 11.6 Å². The van der Waals surface area contributed by atoms with Gasteiger partial charge in [0.05, 0.1) is 17.2 Å². The van der Waals surface area contributed by atoms with Gasteiger partial charge in [0.2, 0.25) is 0 Å². The molecule has 1 heterocycles. The predicted molar refractivity (Wildman–Crippen MR) is 92.7 cm³/mol. The van der Waals surface area contributed by atoms with Gasteiger partial charge in [0.15, 0.2) is 0 Å². The Hall–Kier alpha value is -3.59. The van der Waals surface area contributed by atoms with E-state index in [1.54, 1.807) is 31.3 Å². The number of rotatable bonds is 4. The average molecular weight is 317 g/mol. The van der Waals surface area contributed by atoms with Gasteiger partial charge in [-0.1, -0.05) is 12.1 Å². The second-order valence-corrected chi connectivity index (χ2v) is 5.00. The van der Waals surface area contributed by atoms with E-state index in [1.807, 2.05) is 24.3 Å². The Labute approximate surface area is 139 Å². The third kappa shape index (κ3) is 3.10. The van der Waals surface area contributed by atoms with Gasteiger partial charge >= 0.3 is 0 Å². The summed E-state index contributed by atoms with van der Waals surface area (Å²) in [5.41, 5.74) is 8.21. The Balaban J connectivity index is 1.84. The van der Waals surface area contributed by atoms with E-state index in [1.165, 1.54) is 6.33 Å². The summed E-state index contributed by atoms with van der Waals surface area (Å²) in [5.74, 6) is 2.43. The number of aromatic nitrogens is 2. The van der Waals surface area contributed by atoms with Gasteiger partial charge in [0, 0.05) is 7.05 Å². The van der Waals surface area contributed by atoms with Crippen molar-refractivity contribution in [2.75, 3.05) is 18.1 Å². The molecule has 0 aliphatic heterocycles. The Morgan fingerprint density at radius 2 is 1.62 bits per heavy atom. The van der Waals surface area contributed by atoms with E-state index in [2.05, 4.69) is 21.4 Å². The molecule has 0 saturated heterocycles. The van der Waals surface area contributed by atoms with Gasteiger partial charge in [-0.3, -0.25) is 0 Å². The molecule has 118 valence electrons. The van der Waals surface area contributed by atoms with Crippen LogP contribution in [0.15, 0.2) is 54.9 Å². The number of nitrogens with one attached hydrogen (secondary N) is 1. The number of ether oxygens (including phenoxy) is 1. The maximum Gasteiger partial charge on any atom is 0.139 e. The van der Waals surface area contributed by atoms with Crippen LogP contribution in [-0.4, -0.2) is 17.0 Å². The van der Waals surface area contributed by atoms with Crippen LogP contribution in [0.1, 0.15) is 5.56 Å². The maximum atomic E-state index is 8.81. The summed E-state index contributed by atoms with van der Waals surface area (Å²) >= 11 is 0. The zero-order valence-electron chi connectivity index (χ0n) is 13.0. The van der Waals surface area contributed by atoms with Gasteiger partial charge in [0.25, 0.3) is 0 Å². The Morgan fingerprint density at radius 3 is 2.21 bits per heavy atom. The van der Waals surface area contributed by atoms with Crippen molar-refractivity contribution >= 4 is 11.6 Å². The highest BCUT2D eigenvalue weighted by Crippen LogP contribution is 2.32. The molecule has 24 heavy (non-hydrogen) atoms. The molecule has 0 radical (unpaired) electrons. The summed E-state index contributed by atoms with van der Waals surface area (Å²) in [6.45, 7) is 0. The predicted octanol–water partition coefficient (Wildman–Crippen LogP) is 3.43. The average Bonchev–Trinajstić information content (AvgIpc) is 2.63. The molecular weight excluding hydrogens is 302 g/mol. The number of anilines is 2. The largest absolute Gasteiger partial charge is 0.457 e. The van der Waals surface area contributed by atoms with Crippen molar-refractivity contribution in [3.63, 3.8) is 0 Å². The van der Waals surface area contributed by atoms with E-state index < -0.39 is 0 Å². The third-order valence-corrected chi connectivity index (χ3v) is 3.48. The van der Waals surface area contributed by atoms with E-state index in [0.717, 1.165) is 11.1 Å². The molecule has 0 amide bonds. The first kappa shape index (κ1) is 15.3. The van der Waals surface area contributed by atoms with Crippen molar-refractivity contribution in [3.05, 3.63) is 60.4 Å². The van der Waals surface area contributed by atoms with Gasteiger partial charge in [-0.2, -0.15) is 5.26 Å². The molecule has 0 spiro atoms. The monoisotopic (exact) mass is 317 g/mol. The number of benzene rings is 2. The van der Waals surface area contributed by atoms with Gasteiger partial charge in [-0.15, -0.1) is 0 Å². The Bertz CT molecular complexity index is 883. The van der Waals surface area contributed by atoms with Crippen molar-refractivity contribution in [1.29, 1.82) is 5.26 Å². The molecule has 0 unspecified atom stereocenters. The number of nitrogen functional groups attached to an aromatic ring is 1. The molecule has 1 aromatic heterocycles. The van der Waals surface area contributed by atoms with Gasteiger partial charge in [-0.25, -0.2) is 9.97 Å². The number of nitriles is 1. The lowest BCUT2D eigenvalue weighted by Gasteiger charge is -2.11. The SMILES string of the molecule is CNc1ncnc(N)c1-c1ccc(Oc2ccc(C#N)cc2)cc1. The molecule has 0 atom stereocenters. The zero-order chi connectivity index (χ0) is 16.9. The summed E-state index contributed by atoms with van der Waals surface area (Å²) in [6, 6.07) is 16.5. The van der Waals surface area contributed by atoms with Gasteiger partial charge < -0.3 is 15.8 Å². The lowest BCUT2D eigenvalue weighted by molar-refractivity contribution is 0.482. The summed E-state index contributed by atoms with van der Waals surface area (Å²) in [5, 5.41) is 11.8. The molecular formula is C18H15N5O. The second kappa shape index (κ2) is 6.67. The molecule has 6 nitrogen and oxygen atoms in total. The van der Waals surface area contributed by atoms with Crippen LogP contribution in [0.2, 0.25) is 0 Å². The number of nitrogens with zero attached hydrogens (tertiary/aromatic N) is 3. The molecule has 0 aliphatic rings. The number of hydrogen-bond acceptors (Lipinski definition) is 6. The van der Waals surface area contributed by atoms with Gasteiger partial charge in [-0.05, 0) is 42.0 Å². The van der Waals surface area contributed by atoms with Crippen LogP contribution in [-0.2, 0) is 0 Å². The molecule has 6 heteroatoms. The van der Waals surface area contributed by atoms with Crippen LogP contribution in [0, 0.1) is 11.3 Å². The normalized spacial score (nSPS) is 10.0. The first-order valence-electron chi connectivity index (χ1n) is 7.28. The van der Waals surface area contributed by atoms with E-state index in [0.29, 0.717) is 28.7 Å². The number of hydrogen-bond donors (Lipinski definition) is 2. The smallest absolute Gasteiger partial charge is 0.139 e. The van der Waals surface area contributed by atoms with E-state index in [4.69, 9.17) is 15.7 Å². The molecule has 0 saturated carbocycles. The lowest BCUT2D eigenvalue weighted by atomic mass is 10.1. The highest BCUT2D eigenvalue weighted by molar-refractivity contribution is 5.83. The molecule has 3 aromatic rings. The van der Waals surface area contributed by atoms with Crippen molar-refractivity contribution in [2.24, 2.45) is 0 Å². The fraction of sp³-hybridized carbons (Fsp3) is 0.0556. The minimum absolute atomic E-state index is 0.412. The highest BCUT2D eigenvalue weighted by atomic mass is 16.5. The molecule has 3 N–H and O–H groups in total. The van der Waals surface area contributed by atoms with Gasteiger partial charge in [0.1, 0.15) is 29.5 Å². The van der Waals surface area contributed by atoms with Crippen LogP contribution in [0.3, 0.4) is 0 Å². The minimum Gasteiger partial charge on any atom is -0.457 e. The minimum atomic E-state index is 0.412. The van der Waals surface area contributed by atoms with E-state index in [9.17, 15) is 0 Å². The van der Waals surface area contributed by atoms with Crippen molar-refractivity contribution in [3.8, 4) is 28.7 Å². The zero-order valence-corrected chi connectivity index (χ0v) is 13.0. The fourth-order valence-corrected chi connectivity index (χ4v) is 2.30. The first-order valence-corrected chi connectivity index (χ1v) is 7.28. The van der Waals surface area contributed by atoms with E-state index >= 15 is 0 Å². The number of nitrogens with two attached hydrogens (primary N) is 1. The molecule has 0 aliphatic carbocycles. The topological polar surface area (TPSA) is 96.8 Å². The first-order chi connectivity index (χ1) is 11.7. The standard InChI is InChI=1S/C18H15N5O/c1-21-18-16(17(20)22-11-23-18)13-4-8-15(9-5-13)24-14-6-2-12(10-19)3-7-14/h2-9,11H,1H3,(H3,20,21,22,23). The summed E-state index contributed by atoms with van der Waals surface area (Å²) in [6.07, 6.45) is 1.42. The quantitative estimate of drug-likeness (QED) is 0.765. The summed E-state index contributed by atoms with van der Waals surface area (Å²) < 4.78 is 5.77. The second-order valence-electron chi connectivity index (χ2n) is 5.00. The highest BCUT2D eigenvalue weighted by Gasteiger charge is 2.10. The molecule has 0 fully saturated rings. The summed E-state index contributed by atoms with van der Waals surface area (Å²) in [4.78, 5) is 8.22. The molecule has 0 bridgehead atoms. The maximum absolute atomic E-state index is 8.81. The fourth-order valence-electron chi connectivity index (χ4n) is 2.30. The Kier molecular flexibility index (Phi) is 4.25.